The van der Waals surface area contributed by atoms with Gasteiger partial charge >= 0.3 is 0 Å². The number of nitrogens with zero attached hydrogens (tertiary/aromatic N) is 2. The van der Waals surface area contributed by atoms with E-state index in [1.807, 2.05) is 23.0 Å². The van der Waals surface area contributed by atoms with E-state index in [-0.39, 0.29) is 21.7 Å². The number of nitrogens with two attached hydrogens (primary N) is 1. The summed E-state index contributed by atoms with van der Waals surface area (Å²) in [4.78, 5) is 12.3. The number of hydrogen-bond donors (Lipinski definition) is 1. The summed E-state index contributed by atoms with van der Waals surface area (Å²) in [6, 6.07) is 8.32. The molecule has 3 rings (SSSR count). The molecule has 6 heteroatoms. The molecule has 0 aliphatic carbocycles. The molecular formula is C34H49N3O3. The Morgan fingerprint density at radius 3 is 1.70 bits per heavy atom. The molecule has 0 atom stereocenters. The first-order valence-corrected chi connectivity index (χ1v) is 14.0. The van der Waals surface area contributed by atoms with Crippen molar-refractivity contribution in [2.24, 2.45) is 5.73 Å². The highest BCUT2D eigenvalue weighted by atomic mass is 16.5. The predicted molar refractivity (Wildman–Crippen MR) is 165 cm³/mol. The minimum absolute atomic E-state index is 0.0183. The first-order valence-electron chi connectivity index (χ1n) is 14.0. The van der Waals surface area contributed by atoms with E-state index < -0.39 is 5.91 Å². The Balaban J connectivity index is 2.12. The maximum Gasteiger partial charge on any atom is 0.252 e. The first-order chi connectivity index (χ1) is 18.2. The van der Waals surface area contributed by atoms with E-state index in [9.17, 15) is 4.79 Å². The molecule has 0 fully saturated rings. The van der Waals surface area contributed by atoms with Crippen LogP contribution in [0.25, 0.3) is 11.1 Å². The van der Waals surface area contributed by atoms with Crippen LogP contribution in [-0.4, -0.2) is 29.9 Å². The average molecular weight is 548 g/mol. The van der Waals surface area contributed by atoms with E-state index in [4.69, 9.17) is 20.3 Å². The van der Waals surface area contributed by atoms with Crippen molar-refractivity contribution >= 4 is 5.91 Å². The summed E-state index contributed by atoms with van der Waals surface area (Å²) in [6.07, 6.45) is 3.99. The lowest BCUT2D eigenvalue weighted by Crippen LogP contribution is -2.30. The molecule has 218 valence electrons. The number of hydrogen-bond acceptors (Lipinski definition) is 4. The molecule has 0 saturated carbocycles. The molecule has 1 heterocycles. The van der Waals surface area contributed by atoms with Gasteiger partial charge in [0.2, 0.25) is 0 Å². The fourth-order valence-electron chi connectivity index (χ4n) is 5.42. The molecule has 1 amide bonds. The highest BCUT2D eigenvalue weighted by Crippen LogP contribution is 2.42. The van der Waals surface area contributed by atoms with Gasteiger partial charge in [-0.05, 0) is 62.8 Å². The van der Waals surface area contributed by atoms with Crippen LogP contribution in [0.3, 0.4) is 0 Å². The molecule has 0 unspecified atom stereocenters. The van der Waals surface area contributed by atoms with Crippen LogP contribution in [0, 0.1) is 0 Å². The van der Waals surface area contributed by atoms with Crippen molar-refractivity contribution < 1.29 is 14.3 Å². The van der Waals surface area contributed by atoms with Crippen molar-refractivity contribution in [3.8, 4) is 22.6 Å². The molecule has 3 aromatic rings. The summed E-state index contributed by atoms with van der Waals surface area (Å²) < 4.78 is 13.4. The standard InChI is InChI=1S/C34H49N3O3/c1-31(2,3)24-14-22(28(39-12)16-25(24)32(4,5)6)21-18-36-37(19-21)20-34(10,11)27-15-23(30(35)38)29(40-13)17-26(27)33(7,8)9/h14-19H,20H2,1-13H3,(H2,35,38). The molecule has 0 aliphatic heterocycles. The summed E-state index contributed by atoms with van der Waals surface area (Å²) >= 11 is 0. The van der Waals surface area contributed by atoms with Gasteiger partial charge in [-0.25, -0.2) is 0 Å². The van der Waals surface area contributed by atoms with Crippen LogP contribution in [0.2, 0.25) is 0 Å². The number of rotatable bonds is 7. The maximum atomic E-state index is 12.3. The van der Waals surface area contributed by atoms with Crippen molar-refractivity contribution in [2.75, 3.05) is 14.2 Å². The normalized spacial score (nSPS) is 12.9. The second-order valence-corrected chi connectivity index (χ2v) is 14.6. The molecule has 40 heavy (non-hydrogen) atoms. The summed E-state index contributed by atoms with van der Waals surface area (Å²) in [6.45, 7) is 24.9. The topological polar surface area (TPSA) is 79.4 Å². The third kappa shape index (κ3) is 6.37. The van der Waals surface area contributed by atoms with E-state index in [1.54, 1.807) is 14.2 Å². The Bertz CT molecular complexity index is 1390. The number of carbonyl (C=O) groups excluding carboxylic acids is 1. The number of primary amides is 1. The molecule has 1 aromatic heterocycles. The highest BCUT2D eigenvalue weighted by Gasteiger charge is 2.32. The molecule has 0 radical (unpaired) electrons. The number of methoxy groups -OCH3 is 2. The number of amides is 1. The largest absolute Gasteiger partial charge is 0.496 e. The Kier molecular flexibility index (Phi) is 8.29. The van der Waals surface area contributed by atoms with Gasteiger partial charge in [-0.15, -0.1) is 0 Å². The minimum atomic E-state index is -0.504. The van der Waals surface area contributed by atoms with Gasteiger partial charge in [-0.1, -0.05) is 76.2 Å². The van der Waals surface area contributed by atoms with Gasteiger partial charge < -0.3 is 15.2 Å². The van der Waals surface area contributed by atoms with Crippen LogP contribution in [0.1, 0.15) is 109 Å². The Labute approximate surface area is 241 Å². The molecular weight excluding hydrogens is 498 g/mol. The van der Waals surface area contributed by atoms with Gasteiger partial charge in [0.25, 0.3) is 5.91 Å². The molecule has 2 aromatic carbocycles. The van der Waals surface area contributed by atoms with Crippen molar-refractivity contribution in [3.05, 3.63) is 64.5 Å². The Hall–Kier alpha value is -3.28. The minimum Gasteiger partial charge on any atom is -0.496 e. The Morgan fingerprint density at radius 1 is 0.750 bits per heavy atom. The van der Waals surface area contributed by atoms with Crippen molar-refractivity contribution in [2.45, 2.75) is 104 Å². The SMILES string of the molecule is COc1cc(C(C)(C)C)c(C(C)(C)Cn2cc(-c3cc(C(C)(C)C)c(C(C)(C)C)cc3OC)cn2)cc1C(N)=O. The summed E-state index contributed by atoms with van der Waals surface area (Å²) in [5.74, 6) is 0.836. The average Bonchev–Trinajstić information content (AvgIpc) is 3.27. The van der Waals surface area contributed by atoms with Crippen molar-refractivity contribution in [3.63, 3.8) is 0 Å². The lowest BCUT2D eigenvalue weighted by Gasteiger charge is -2.33. The third-order valence-corrected chi connectivity index (χ3v) is 7.60. The quantitative estimate of drug-likeness (QED) is 0.331. The molecule has 0 aliphatic rings. The fourth-order valence-corrected chi connectivity index (χ4v) is 5.42. The summed E-state index contributed by atoms with van der Waals surface area (Å²) in [7, 11) is 3.29. The van der Waals surface area contributed by atoms with Crippen LogP contribution in [0.4, 0.5) is 0 Å². The van der Waals surface area contributed by atoms with Crippen molar-refractivity contribution in [1.82, 2.24) is 9.78 Å². The fraction of sp³-hybridized carbons (Fsp3) is 0.529. The number of benzene rings is 2. The van der Waals surface area contributed by atoms with Gasteiger partial charge in [0.1, 0.15) is 11.5 Å². The van der Waals surface area contributed by atoms with Crippen LogP contribution in [0.5, 0.6) is 11.5 Å². The lowest BCUT2D eigenvalue weighted by atomic mass is 9.73. The summed E-state index contributed by atoms with van der Waals surface area (Å²) in [5.41, 5.74) is 12.3. The molecule has 2 N–H and O–H groups in total. The third-order valence-electron chi connectivity index (χ3n) is 7.60. The number of carbonyl (C=O) groups is 1. The van der Waals surface area contributed by atoms with E-state index >= 15 is 0 Å². The smallest absolute Gasteiger partial charge is 0.252 e. The van der Waals surface area contributed by atoms with E-state index in [2.05, 4.69) is 94.5 Å². The van der Waals surface area contributed by atoms with Crippen LogP contribution in [-0.2, 0) is 28.2 Å². The number of ether oxygens (including phenoxy) is 2. The van der Waals surface area contributed by atoms with E-state index in [1.165, 1.54) is 11.1 Å². The van der Waals surface area contributed by atoms with Crippen LogP contribution < -0.4 is 15.2 Å². The van der Waals surface area contributed by atoms with Crippen LogP contribution in [0.15, 0.2) is 36.7 Å². The van der Waals surface area contributed by atoms with Crippen molar-refractivity contribution in [1.29, 1.82) is 0 Å². The van der Waals surface area contributed by atoms with Crippen LogP contribution >= 0.6 is 0 Å². The molecule has 6 nitrogen and oxygen atoms in total. The lowest BCUT2D eigenvalue weighted by molar-refractivity contribution is 0.0997. The second kappa shape index (κ2) is 10.6. The number of aromatic nitrogens is 2. The maximum absolute atomic E-state index is 12.3. The van der Waals surface area contributed by atoms with E-state index in [0.717, 1.165) is 28.0 Å². The predicted octanol–water partition coefficient (Wildman–Crippen LogP) is 7.54. The van der Waals surface area contributed by atoms with E-state index in [0.29, 0.717) is 17.9 Å². The highest BCUT2D eigenvalue weighted by molar-refractivity contribution is 5.96. The van der Waals surface area contributed by atoms with Gasteiger partial charge in [0.15, 0.2) is 0 Å². The molecule has 0 saturated heterocycles. The molecule has 0 spiro atoms. The Morgan fingerprint density at radius 2 is 1.23 bits per heavy atom. The zero-order valence-corrected chi connectivity index (χ0v) is 26.9. The van der Waals surface area contributed by atoms with Gasteiger partial charge in [-0.2, -0.15) is 5.10 Å². The monoisotopic (exact) mass is 547 g/mol. The zero-order chi connectivity index (χ0) is 30.4. The van der Waals surface area contributed by atoms with Gasteiger partial charge in [0.05, 0.1) is 32.5 Å². The zero-order valence-electron chi connectivity index (χ0n) is 26.9. The second-order valence-electron chi connectivity index (χ2n) is 14.6. The summed E-state index contributed by atoms with van der Waals surface area (Å²) in [5, 5.41) is 4.77. The van der Waals surface area contributed by atoms with Gasteiger partial charge in [-0.3, -0.25) is 9.48 Å². The first kappa shape index (κ1) is 31.3. The van der Waals surface area contributed by atoms with Gasteiger partial charge in [0, 0.05) is 22.7 Å². The molecule has 0 bridgehead atoms.